The monoisotopic (exact) mass is 1060 g/mol. The Morgan fingerprint density at radius 1 is 0.545 bits per heavy atom. The molecule has 1 unspecified atom stereocenters. The van der Waals surface area contributed by atoms with Gasteiger partial charge in [0.15, 0.2) is 5.78 Å². The molecule has 0 aromatic heterocycles. The van der Waals surface area contributed by atoms with Gasteiger partial charge in [0.25, 0.3) is 0 Å². The SMILES string of the molecule is C=CC(=O)OCCC(C)CC.C=CC(=O)OCCCCCCOC/C=C\C(=C)c1ccc(C(=O)OCC/C=C(\C=C/C(=C)C(C)=O)OC(=O)c2ccc(-c3ccc(OCCCCCCOC(=O)C=C)cc3)cc2)cc1.CC. The van der Waals surface area contributed by atoms with Crippen LogP contribution in [0, 0.1) is 5.92 Å². The highest BCUT2D eigenvalue weighted by molar-refractivity contribution is 5.95. The largest absolute Gasteiger partial charge is 0.494 e. The van der Waals surface area contributed by atoms with Gasteiger partial charge in [0.1, 0.15) is 11.5 Å². The average molecular weight is 1060 g/mol. The van der Waals surface area contributed by atoms with E-state index >= 15 is 0 Å². The molecular weight excluding hydrogens is 977 g/mol. The van der Waals surface area contributed by atoms with Crippen LogP contribution in [0.4, 0.5) is 0 Å². The molecule has 0 aliphatic rings. The van der Waals surface area contributed by atoms with E-state index in [1.807, 2.05) is 62.4 Å². The van der Waals surface area contributed by atoms with Crippen molar-refractivity contribution in [2.75, 3.05) is 46.2 Å². The third kappa shape index (κ3) is 31.8. The first-order valence-electron chi connectivity index (χ1n) is 26.4. The van der Waals surface area contributed by atoms with Crippen molar-refractivity contribution < 1.29 is 61.9 Å². The molecule has 0 amide bonds. The molecule has 3 rings (SSSR count). The Morgan fingerprint density at radius 2 is 1.03 bits per heavy atom. The number of carbonyl (C=O) groups excluding carboxylic acids is 6. The van der Waals surface area contributed by atoms with Crippen molar-refractivity contribution in [1.82, 2.24) is 0 Å². The topological polar surface area (TPSA) is 167 Å². The molecule has 0 fully saturated rings. The average Bonchev–Trinajstić information content (AvgIpc) is 3.45. The number of carbonyl (C=O) groups is 6. The first kappa shape index (κ1) is 67.4. The molecule has 3 aromatic rings. The summed E-state index contributed by atoms with van der Waals surface area (Å²) in [7, 11) is 0. The second kappa shape index (κ2) is 42.6. The summed E-state index contributed by atoms with van der Waals surface area (Å²) in [5, 5.41) is 0. The van der Waals surface area contributed by atoms with Crippen LogP contribution in [0.2, 0.25) is 0 Å². The van der Waals surface area contributed by atoms with Crippen LogP contribution in [0.15, 0.2) is 166 Å². The predicted molar refractivity (Wildman–Crippen MR) is 306 cm³/mol. The molecule has 0 saturated heterocycles. The lowest BCUT2D eigenvalue weighted by Crippen LogP contribution is -2.07. The summed E-state index contributed by atoms with van der Waals surface area (Å²) >= 11 is 0. The maximum absolute atomic E-state index is 13.2. The number of ether oxygens (including phenoxy) is 7. The minimum atomic E-state index is -0.604. The molecule has 0 spiro atoms. The fraction of sp³-hybridized carbons (Fsp3) is 0.375. The van der Waals surface area contributed by atoms with Crippen molar-refractivity contribution in [3.63, 3.8) is 0 Å². The predicted octanol–water partition coefficient (Wildman–Crippen LogP) is 14.1. The lowest BCUT2D eigenvalue weighted by Gasteiger charge is -2.09. The van der Waals surface area contributed by atoms with E-state index < -0.39 is 23.9 Å². The molecule has 13 heteroatoms. The van der Waals surface area contributed by atoms with E-state index in [0.29, 0.717) is 56.7 Å². The number of rotatable bonds is 36. The Kier molecular flexibility index (Phi) is 37.2. The quantitative estimate of drug-likeness (QED) is 0.0135. The van der Waals surface area contributed by atoms with Crippen LogP contribution < -0.4 is 4.74 Å². The molecule has 0 N–H and O–H groups in total. The van der Waals surface area contributed by atoms with E-state index in [9.17, 15) is 28.8 Å². The van der Waals surface area contributed by atoms with Gasteiger partial charge in [0, 0.05) is 36.8 Å². The number of hydrogen-bond acceptors (Lipinski definition) is 13. The van der Waals surface area contributed by atoms with Crippen LogP contribution in [0.5, 0.6) is 5.75 Å². The Balaban J connectivity index is 0.00000202. The Hall–Kier alpha value is -7.64. The second-order valence-electron chi connectivity index (χ2n) is 17.1. The van der Waals surface area contributed by atoms with Crippen molar-refractivity contribution in [3.05, 3.63) is 182 Å². The normalized spacial score (nSPS) is 11.1. The minimum absolute atomic E-state index is 0.0128. The van der Waals surface area contributed by atoms with E-state index in [4.69, 9.17) is 33.2 Å². The lowest BCUT2D eigenvalue weighted by atomic mass is 10.0. The third-order valence-corrected chi connectivity index (χ3v) is 11.2. The highest BCUT2D eigenvalue weighted by atomic mass is 16.5. The summed E-state index contributed by atoms with van der Waals surface area (Å²) in [5.41, 5.74) is 4.37. The van der Waals surface area contributed by atoms with Crippen molar-refractivity contribution in [2.24, 2.45) is 5.92 Å². The summed E-state index contributed by atoms with van der Waals surface area (Å²) in [4.78, 5) is 70.4. The molecular formula is C64H82O13. The summed E-state index contributed by atoms with van der Waals surface area (Å²) in [5.74, 6) is -0.921. The molecule has 0 aliphatic heterocycles. The van der Waals surface area contributed by atoms with E-state index in [0.717, 1.165) is 104 Å². The minimum Gasteiger partial charge on any atom is -0.494 e. The number of Topliss-reactive ketones (excluding diaryl/α,β-unsaturated/α-hetero) is 1. The molecule has 416 valence electrons. The van der Waals surface area contributed by atoms with Crippen LogP contribution in [-0.4, -0.2) is 81.9 Å². The van der Waals surface area contributed by atoms with Crippen LogP contribution in [0.25, 0.3) is 16.7 Å². The zero-order valence-corrected chi connectivity index (χ0v) is 46.2. The van der Waals surface area contributed by atoms with Crippen LogP contribution in [0.1, 0.15) is 132 Å². The van der Waals surface area contributed by atoms with Gasteiger partial charge in [-0.05, 0) is 141 Å². The van der Waals surface area contributed by atoms with Crippen molar-refractivity contribution in [2.45, 2.75) is 105 Å². The molecule has 0 saturated carbocycles. The molecule has 13 nitrogen and oxygen atoms in total. The van der Waals surface area contributed by atoms with Gasteiger partial charge in [-0.3, -0.25) is 4.79 Å². The second-order valence-corrected chi connectivity index (χ2v) is 17.1. The summed E-state index contributed by atoms with van der Waals surface area (Å²) in [6.07, 6.45) is 21.4. The van der Waals surface area contributed by atoms with Gasteiger partial charge in [0.05, 0.1) is 50.8 Å². The Labute approximate surface area is 458 Å². The number of esters is 5. The van der Waals surface area contributed by atoms with Gasteiger partial charge in [0.2, 0.25) is 0 Å². The van der Waals surface area contributed by atoms with Gasteiger partial charge in [-0.15, -0.1) is 0 Å². The van der Waals surface area contributed by atoms with Crippen molar-refractivity contribution >= 4 is 41.2 Å². The lowest BCUT2D eigenvalue weighted by molar-refractivity contribution is -0.138. The maximum Gasteiger partial charge on any atom is 0.343 e. The van der Waals surface area contributed by atoms with Gasteiger partial charge < -0.3 is 33.2 Å². The van der Waals surface area contributed by atoms with Gasteiger partial charge in [-0.1, -0.05) is 122 Å². The molecule has 0 bridgehead atoms. The van der Waals surface area contributed by atoms with Crippen LogP contribution in [0.3, 0.4) is 0 Å². The highest BCUT2D eigenvalue weighted by Gasteiger charge is 2.12. The zero-order valence-electron chi connectivity index (χ0n) is 46.2. The third-order valence-electron chi connectivity index (χ3n) is 11.2. The molecule has 1 atom stereocenters. The molecule has 3 aromatic carbocycles. The van der Waals surface area contributed by atoms with Crippen LogP contribution in [-0.2, 0) is 47.6 Å². The van der Waals surface area contributed by atoms with Gasteiger partial charge in [-0.25, -0.2) is 24.0 Å². The van der Waals surface area contributed by atoms with Crippen LogP contribution >= 0.6 is 0 Å². The van der Waals surface area contributed by atoms with Crippen molar-refractivity contribution in [3.8, 4) is 16.9 Å². The standard InChI is InChI=1S/C53H60O11.C9H16O2.C2H6/c1-6-50(55)61-37-14-9-8-12-34-59-35-16-18-41(4)43-21-25-46(26-22-43)52(57)63-39-17-19-49(31-20-40(3)42(5)54)64-53(58)47-27-23-44(24-28-47)45-29-32-48(33-30-45)60-36-13-10-11-15-38-62-51(56)7-2;1-4-8(3)6-7-11-9(10)5-2;1-2/h6-7,16,18-33H,1-4,8-15,17,34-39H2,5H3;5,8H,2,4,6-7H2,1,3H3;1-2H3/b18-16-,31-20-,49-19+;;. The smallest absolute Gasteiger partial charge is 0.343 e. The van der Waals surface area contributed by atoms with Gasteiger partial charge >= 0.3 is 29.8 Å². The number of allylic oxidation sites excluding steroid dienone is 5. The van der Waals surface area contributed by atoms with E-state index in [1.54, 1.807) is 42.5 Å². The molecule has 0 radical (unpaired) electrons. The fourth-order valence-corrected chi connectivity index (χ4v) is 6.34. The summed E-state index contributed by atoms with van der Waals surface area (Å²) in [6, 6.07) is 21.6. The van der Waals surface area contributed by atoms with E-state index in [2.05, 4.69) is 46.7 Å². The van der Waals surface area contributed by atoms with E-state index in [1.165, 1.54) is 25.2 Å². The number of hydrogen-bond donors (Lipinski definition) is 0. The number of unbranched alkanes of at least 4 members (excludes halogenated alkanes) is 6. The fourth-order valence-electron chi connectivity index (χ4n) is 6.34. The zero-order chi connectivity index (χ0) is 57.1. The summed E-state index contributed by atoms with van der Waals surface area (Å²) in [6.45, 7) is 30.5. The Morgan fingerprint density at radius 3 is 1.56 bits per heavy atom. The molecule has 0 heterocycles. The number of benzene rings is 3. The Bertz CT molecular complexity index is 2390. The molecule has 0 aliphatic carbocycles. The van der Waals surface area contributed by atoms with E-state index in [-0.39, 0.29) is 36.1 Å². The highest BCUT2D eigenvalue weighted by Crippen LogP contribution is 2.24. The number of ketones is 1. The van der Waals surface area contributed by atoms with Crippen molar-refractivity contribution in [1.29, 1.82) is 0 Å². The summed E-state index contributed by atoms with van der Waals surface area (Å²) < 4.78 is 37.4. The first-order valence-corrected chi connectivity index (χ1v) is 26.4. The van der Waals surface area contributed by atoms with Gasteiger partial charge in [-0.2, -0.15) is 0 Å². The first-order chi connectivity index (χ1) is 37.2. The molecule has 77 heavy (non-hydrogen) atoms. The maximum atomic E-state index is 13.2.